The van der Waals surface area contributed by atoms with Crippen LogP contribution in [0.25, 0.3) is 11.0 Å². The molecule has 4 nitrogen and oxygen atoms in total. The van der Waals surface area contributed by atoms with E-state index in [1.54, 1.807) is 0 Å². The van der Waals surface area contributed by atoms with Crippen molar-refractivity contribution in [2.75, 3.05) is 0 Å². The lowest BCUT2D eigenvalue weighted by Gasteiger charge is -2.26. The zero-order valence-electron chi connectivity index (χ0n) is 11.7. The van der Waals surface area contributed by atoms with E-state index in [4.69, 9.17) is 4.98 Å². The first-order valence-electron chi connectivity index (χ1n) is 7.51. The Labute approximate surface area is 118 Å². The first kappa shape index (κ1) is 11.9. The summed E-state index contributed by atoms with van der Waals surface area (Å²) in [6, 6.07) is 8.49. The lowest BCUT2D eigenvalue weighted by atomic mass is 9.92. The summed E-state index contributed by atoms with van der Waals surface area (Å²) in [5, 5.41) is 13.1. The Morgan fingerprint density at radius 2 is 2.20 bits per heavy atom. The molecule has 20 heavy (non-hydrogen) atoms. The minimum Gasteiger partial charge on any atom is -0.411 e. The van der Waals surface area contributed by atoms with Crippen molar-refractivity contribution in [1.29, 1.82) is 0 Å². The number of oxime groups is 1. The maximum absolute atomic E-state index is 9.45. The number of hydrogen-bond donors (Lipinski definition) is 1. The minimum absolute atomic E-state index is 0.209. The average molecular weight is 269 g/mol. The van der Waals surface area contributed by atoms with Crippen LogP contribution >= 0.6 is 0 Å². The van der Waals surface area contributed by atoms with Gasteiger partial charge < -0.3 is 9.77 Å². The van der Waals surface area contributed by atoms with Crippen molar-refractivity contribution in [3.63, 3.8) is 0 Å². The third-order valence-electron chi connectivity index (χ3n) is 5.02. The molecule has 0 saturated heterocycles. The molecule has 1 N–H and O–H groups in total. The fraction of sp³-hybridized carbons (Fsp3) is 0.500. The number of hydrogen-bond acceptors (Lipinski definition) is 3. The van der Waals surface area contributed by atoms with Crippen molar-refractivity contribution in [1.82, 2.24) is 9.55 Å². The molecule has 2 saturated carbocycles. The number of nitrogens with zero attached hydrogens (tertiary/aromatic N) is 3. The van der Waals surface area contributed by atoms with Gasteiger partial charge in [-0.15, -0.1) is 0 Å². The van der Waals surface area contributed by atoms with Gasteiger partial charge in [0.2, 0.25) is 0 Å². The van der Waals surface area contributed by atoms with Crippen LogP contribution < -0.4 is 0 Å². The lowest BCUT2D eigenvalue weighted by Crippen LogP contribution is -2.27. The standard InChI is InChI=1S/C16H19N3O/c1-2-14-17-12-5-3-4-6-13(12)19(14)16-11-8-7-10(9-11)15(16)18-20/h3-6,10-11,16,20H,2,7-9H2,1H3/b18-15+/t10-,11+,16+/m0/s1. The van der Waals surface area contributed by atoms with E-state index in [0.717, 1.165) is 23.5 Å². The van der Waals surface area contributed by atoms with Crippen molar-refractivity contribution >= 4 is 16.7 Å². The Bertz CT molecular complexity index is 688. The zero-order valence-corrected chi connectivity index (χ0v) is 11.7. The average Bonchev–Trinajstić information content (AvgIpc) is 3.17. The van der Waals surface area contributed by atoms with Gasteiger partial charge in [-0.1, -0.05) is 24.2 Å². The molecule has 0 aliphatic heterocycles. The summed E-state index contributed by atoms with van der Waals surface area (Å²) in [4.78, 5) is 4.75. The fourth-order valence-corrected chi connectivity index (χ4v) is 4.19. The second-order valence-corrected chi connectivity index (χ2v) is 5.98. The van der Waals surface area contributed by atoms with Gasteiger partial charge in [-0.05, 0) is 37.3 Å². The zero-order chi connectivity index (χ0) is 13.7. The lowest BCUT2D eigenvalue weighted by molar-refractivity contribution is 0.307. The molecule has 1 aromatic heterocycles. The van der Waals surface area contributed by atoms with Crippen LogP contribution in [0.2, 0.25) is 0 Å². The monoisotopic (exact) mass is 269 g/mol. The molecule has 4 heteroatoms. The van der Waals surface area contributed by atoms with Gasteiger partial charge in [-0.2, -0.15) is 0 Å². The number of para-hydroxylation sites is 2. The van der Waals surface area contributed by atoms with Gasteiger partial charge in [0.1, 0.15) is 5.82 Å². The predicted molar refractivity (Wildman–Crippen MR) is 78.2 cm³/mol. The van der Waals surface area contributed by atoms with Crippen LogP contribution in [-0.2, 0) is 6.42 Å². The van der Waals surface area contributed by atoms with Crippen LogP contribution in [0.5, 0.6) is 0 Å². The molecule has 2 fully saturated rings. The highest BCUT2D eigenvalue weighted by Crippen LogP contribution is 2.50. The summed E-state index contributed by atoms with van der Waals surface area (Å²) in [5.74, 6) is 2.18. The SMILES string of the molecule is CCc1nc2ccccc2n1[C@H]1/C(=N/O)[C@H]2CC[C@@H]1C2. The summed E-state index contributed by atoms with van der Waals surface area (Å²) in [5.41, 5.74) is 3.19. The first-order chi connectivity index (χ1) is 9.83. The molecular weight excluding hydrogens is 250 g/mol. The van der Waals surface area contributed by atoms with Crippen molar-refractivity contribution in [3.05, 3.63) is 30.1 Å². The molecule has 2 bridgehead atoms. The van der Waals surface area contributed by atoms with E-state index in [1.807, 2.05) is 6.07 Å². The maximum atomic E-state index is 9.45. The van der Waals surface area contributed by atoms with E-state index >= 15 is 0 Å². The Balaban J connectivity index is 1.93. The Kier molecular flexibility index (Phi) is 2.59. The van der Waals surface area contributed by atoms with E-state index in [1.165, 1.54) is 24.8 Å². The van der Waals surface area contributed by atoms with E-state index < -0.39 is 0 Å². The second kappa shape index (κ2) is 4.33. The molecule has 3 atom stereocenters. The molecule has 0 amide bonds. The quantitative estimate of drug-likeness (QED) is 0.671. The molecule has 0 spiro atoms. The van der Waals surface area contributed by atoms with Crippen LogP contribution in [0.15, 0.2) is 29.4 Å². The molecule has 2 aliphatic rings. The van der Waals surface area contributed by atoms with Crippen LogP contribution in [-0.4, -0.2) is 20.5 Å². The fourth-order valence-electron chi connectivity index (χ4n) is 4.19. The number of rotatable bonds is 2. The Morgan fingerprint density at radius 1 is 1.35 bits per heavy atom. The number of benzene rings is 1. The molecule has 0 radical (unpaired) electrons. The summed E-state index contributed by atoms with van der Waals surface area (Å²) >= 11 is 0. The highest BCUT2D eigenvalue weighted by Gasteiger charge is 2.47. The van der Waals surface area contributed by atoms with E-state index in [2.05, 4.69) is 34.8 Å². The smallest absolute Gasteiger partial charge is 0.110 e. The molecule has 2 aliphatic carbocycles. The molecular formula is C16H19N3O. The number of imidazole rings is 1. The molecule has 0 unspecified atom stereocenters. The highest BCUT2D eigenvalue weighted by molar-refractivity contribution is 5.94. The van der Waals surface area contributed by atoms with Gasteiger partial charge in [-0.25, -0.2) is 4.98 Å². The van der Waals surface area contributed by atoms with Crippen molar-refractivity contribution in [3.8, 4) is 0 Å². The highest BCUT2D eigenvalue weighted by atomic mass is 16.4. The molecule has 1 heterocycles. The van der Waals surface area contributed by atoms with Gasteiger partial charge in [0, 0.05) is 12.3 Å². The van der Waals surface area contributed by atoms with Gasteiger partial charge >= 0.3 is 0 Å². The molecule has 104 valence electrons. The van der Waals surface area contributed by atoms with E-state index in [-0.39, 0.29) is 6.04 Å². The largest absolute Gasteiger partial charge is 0.411 e. The second-order valence-electron chi connectivity index (χ2n) is 5.98. The van der Waals surface area contributed by atoms with Crippen molar-refractivity contribution in [2.24, 2.45) is 17.0 Å². The van der Waals surface area contributed by atoms with Gasteiger partial charge in [0.05, 0.1) is 22.8 Å². The van der Waals surface area contributed by atoms with Gasteiger partial charge in [0.25, 0.3) is 0 Å². The summed E-state index contributed by atoms with van der Waals surface area (Å²) in [7, 11) is 0. The third-order valence-corrected chi connectivity index (χ3v) is 5.02. The van der Waals surface area contributed by atoms with Crippen LogP contribution in [0, 0.1) is 11.8 Å². The number of aryl methyl sites for hydroxylation is 1. The minimum atomic E-state index is 0.209. The molecule has 4 rings (SSSR count). The van der Waals surface area contributed by atoms with Crippen LogP contribution in [0.3, 0.4) is 0 Å². The number of aromatic nitrogens is 2. The molecule has 1 aromatic carbocycles. The van der Waals surface area contributed by atoms with Crippen molar-refractivity contribution in [2.45, 2.75) is 38.6 Å². The van der Waals surface area contributed by atoms with Crippen LogP contribution in [0.1, 0.15) is 38.1 Å². The van der Waals surface area contributed by atoms with Crippen LogP contribution in [0.4, 0.5) is 0 Å². The third kappa shape index (κ3) is 1.48. The summed E-state index contributed by atoms with van der Waals surface area (Å²) < 4.78 is 2.33. The topological polar surface area (TPSA) is 50.4 Å². The van der Waals surface area contributed by atoms with Crippen molar-refractivity contribution < 1.29 is 5.21 Å². The summed E-state index contributed by atoms with van der Waals surface area (Å²) in [6.45, 7) is 2.14. The first-order valence-corrected chi connectivity index (χ1v) is 7.51. The van der Waals surface area contributed by atoms with Gasteiger partial charge in [-0.3, -0.25) is 0 Å². The molecule has 2 aromatic rings. The van der Waals surface area contributed by atoms with E-state index in [9.17, 15) is 5.21 Å². The van der Waals surface area contributed by atoms with Gasteiger partial charge in [0.15, 0.2) is 0 Å². The summed E-state index contributed by atoms with van der Waals surface area (Å²) in [6.07, 6.45) is 4.49. The Hall–Kier alpha value is -1.84. The predicted octanol–water partition coefficient (Wildman–Crippen LogP) is 3.40. The Morgan fingerprint density at radius 3 is 3.00 bits per heavy atom. The normalized spacial score (nSPS) is 30.6. The maximum Gasteiger partial charge on any atom is 0.110 e. The number of fused-ring (bicyclic) bond motifs is 3. The van der Waals surface area contributed by atoms with E-state index in [0.29, 0.717) is 11.8 Å².